The smallest absolute Gasteiger partial charge is 0.433 e. The summed E-state index contributed by atoms with van der Waals surface area (Å²) < 4.78 is 37.3. The van der Waals surface area contributed by atoms with Crippen molar-refractivity contribution in [2.75, 3.05) is 18.0 Å². The summed E-state index contributed by atoms with van der Waals surface area (Å²) in [5, 5.41) is 17.2. The van der Waals surface area contributed by atoms with Crippen molar-refractivity contribution in [3.05, 3.63) is 23.9 Å². The van der Waals surface area contributed by atoms with Crippen LogP contribution in [0.15, 0.2) is 18.2 Å². The van der Waals surface area contributed by atoms with E-state index in [9.17, 15) is 22.8 Å². The molecule has 104 valence electrons. The molecule has 0 radical (unpaired) electrons. The summed E-state index contributed by atoms with van der Waals surface area (Å²) in [6.45, 7) is -1.53. The molecule has 6 nitrogen and oxygen atoms in total. The number of carboxylic acid groups (broad SMARTS) is 2. The minimum atomic E-state index is -4.69. The van der Waals surface area contributed by atoms with Crippen molar-refractivity contribution in [1.29, 1.82) is 0 Å². The van der Waals surface area contributed by atoms with Crippen molar-refractivity contribution in [1.82, 2.24) is 4.98 Å². The van der Waals surface area contributed by atoms with E-state index in [4.69, 9.17) is 10.2 Å². The lowest BCUT2D eigenvalue weighted by Gasteiger charge is -2.20. The molecule has 0 unspecified atom stereocenters. The van der Waals surface area contributed by atoms with Gasteiger partial charge in [-0.2, -0.15) is 13.2 Å². The van der Waals surface area contributed by atoms with Crippen molar-refractivity contribution in [3.8, 4) is 0 Å². The standard InChI is InChI=1S/C10H9F3N2O4/c11-10(12,13)6-2-1-3-7(14-6)15(4-8(16)17)5-9(18)19/h1-3H,4-5H2,(H,16,17)(H,18,19). The lowest BCUT2D eigenvalue weighted by molar-refractivity contribution is -0.141. The molecule has 0 bridgehead atoms. The summed E-state index contributed by atoms with van der Waals surface area (Å²) in [6.07, 6.45) is -4.69. The number of aliphatic carboxylic acids is 2. The number of hydrogen-bond donors (Lipinski definition) is 2. The first kappa shape index (κ1) is 14.7. The quantitative estimate of drug-likeness (QED) is 0.837. The van der Waals surface area contributed by atoms with Gasteiger partial charge in [-0.1, -0.05) is 6.07 Å². The van der Waals surface area contributed by atoms with Crippen molar-refractivity contribution in [2.24, 2.45) is 0 Å². The van der Waals surface area contributed by atoms with Crippen LogP contribution in [0.25, 0.3) is 0 Å². The van der Waals surface area contributed by atoms with Gasteiger partial charge < -0.3 is 15.1 Å². The number of pyridine rings is 1. The molecule has 0 saturated heterocycles. The maximum Gasteiger partial charge on any atom is 0.433 e. The lowest BCUT2D eigenvalue weighted by atomic mass is 10.3. The monoisotopic (exact) mass is 278 g/mol. The first-order chi connectivity index (χ1) is 8.70. The number of nitrogens with zero attached hydrogens (tertiary/aromatic N) is 2. The Labute approximate surface area is 105 Å². The van der Waals surface area contributed by atoms with E-state index >= 15 is 0 Å². The predicted octanol–water partition coefficient (Wildman–Crippen LogP) is 1.08. The number of anilines is 1. The van der Waals surface area contributed by atoms with E-state index in [1.54, 1.807) is 0 Å². The normalized spacial score (nSPS) is 11.1. The van der Waals surface area contributed by atoms with Crippen LogP contribution in [0.4, 0.5) is 19.0 Å². The zero-order chi connectivity index (χ0) is 14.6. The molecule has 0 atom stereocenters. The predicted molar refractivity (Wildman–Crippen MR) is 56.7 cm³/mol. The van der Waals surface area contributed by atoms with E-state index in [1.807, 2.05) is 0 Å². The molecule has 0 aliphatic heterocycles. The molecule has 1 aromatic heterocycles. The third-order valence-electron chi connectivity index (χ3n) is 2.00. The van der Waals surface area contributed by atoms with Gasteiger partial charge in [0.25, 0.3) is 0 Å². The van der Waals surface area contributed by atoms with E-state index in [0.717, 1.165) is 17.0 Å². The van der Waals surface area contributed by atoms with Crippen LogP contribution >= 0.6 is 0 Å². The van der Waals surface area contributed by atoms with Crippen molar-refractivity contribution >= 4 is 17.8 Å². The molecule has 19 heavy (non-hydrogen) atoms. The van der Waals surface area contributed by atoms with Gasteiger partial charge in [0.15, 0.2) is 0 Å². The van der Waals surface area contributed by atoms with E-state index in [1.165, 1.54) is 0 Å². The molecule has 0 aliphatic carbocycles. The first-order valence-corrected chi connectivity index (χ1v) is 4.93. The molecule has 2 N–H and O–H groups in total. The van der Waals surface area contributed by atoms with Gasteiger partial charge in [-0.3, -0.25) is 9.59 Å². The number of rotatable bonds is 5. The number of hydrogen-bond acceptors (Lipinski definition) is 4. The molecule has 0 aliphatic rings. The average molecular weight is 278 g/mol. The maximum atomic E-state index is 12.4. The Morgan fingerprint density at radius 1 is 1.16 bits per heavy atom. The van der Waals surface area contributed by atoms with Crippen molar-refractivity contribution in [3.63, 3.8) is 0 Å². The highest BCUT2D eigenvalue weighted by molar-refractivity contribution is 5.78. The average Bonchev–Trinajstić information content (AvgIpc) is 2.26. The number of halogens is 3. The van der Waals surface area contributed by atoms with Crippen LogP contribution in [0.2, 0.25) is 0 Å². The van der Waals surface area contributed by atoms with Crippen LogP contribution in [-0.2, 0) is 15.8 Å². The number of carbonyl (C=O) groups is 2. The van der Waals surface area contributed by atoms with E-state index in [2.05, 4.69) is 4.98 Å². The van der Waals surface area contributed by atoms with Gasteiger partial charge >= 0.3 is 18.1 Å². The molecule has 1 aromatic rings. The summed E-state index contributed by atoms with van der Waals surface area (Å²) in [5.41, 5.74) is -1.22. The molecule has 1 heterocycles. The van der Waals surface area contributed by atoms with Gasteiger partial charge in [0, 0.05) is 0 Å². The third kappa shape index (κ3) is 4.45. The fourth-order valence-corrected chi connectivity index (χ4v) is 1.30. The minimum absolute atomic E-state index is 0.361. The van der Waals surface area contributed by atoms with Crippen LogP contribution in [-0.4, -0.2) is 40.2 Å². The molecule has 0 amide bonds. The molecule has 1 rings (SSSR count). The Hall–Kier alpha value is -2.32. The van der Waals surface area contributed by atoms with E-state index in [0.29, 0.717) is 6.07 Å². The first-order valence-electron chi connectivity index (χ1n) is 4.93. The largest absolute Gasteiger partial charge is 0.480 e. The summed E-state index contributed by atoms with van der Waals surface area (Å²) >= 11 is 0. The lowest BCUT2D eigenvalue weighted by Crippen LogP contribution is -2.35. The fourth-order valence-electron chi connectivity index (χ4n) is 1.30. The van der Waals surface area contributed by atoms with Crippen molar-refractivity contribution in [2.45, 2.75) is 6.18 Å². The Bertz CT molecular complexity index is 474. The second kappa shape index (κ2) is 5.55. The van der Waals surface area contributed by atoms with Gasteiger partial charge in [-0.25, -0.2) is 4.98 Å². The summed E-state index contributed by atoms with van der Waals surface area (Å²) in [7, 11) is 0. The Morgan fingerprint density at radius 3 is 2.11 bits per heavy atom. The van der Waals surface area contributed by atoms with Gasteiger partial charge in [-0.15, -0.1) is 0 Å². The maximum absolute atomic E-state index is 12.4. The van der Waals surface area contributed by atoms with Crippen molar-refractivity contribution < 1.29 is 33.0 Å². The fraction of sp³-hybridized carbons (Fsp3) is 0.300. The van der Waals surface area contributed by atoms with Gasteiger partial charge in [-0.05, 0) is 12.1 Å². The summed E-state index contributed by atoms with van der Waals surface area (Å²) in [5.74, 6) is -3.11. The summed E-state index contributed by atoms with van der Waals surface area (Å²) in [4.78, 5) is 25.1. The Kier molecular flexibility index (Phi) is 4.30. The van der Waals surface area contributed by atoms with Gasteiger partial charge in [0.1, 0.15) is 24.6 Å². The van der Waals surface area contributed by atoms with E-state index in [-0.39, 0.29) is 5.82 Å². The number of aromatic nitrogens is 1. The van der Waals surface area contributed by atoms with Crippen LogP contribution in [0, 0.1) is 0 Å². The highest BCUT2D eigenvalue weighted by Crippen LogP contribution is 2.28. The zero-order valence-corrected chi connectivity index (χ0v) is 9.39. The number of carboxylic acids is 2. The molecule has 0 spiro atoms. The minimum Gasteiger partial charge on any atom is -0.480 e. The third-order valence-corrected chi connectivity index (χ3v) is 2.00. The second-order valence-electron chi connectivity index (χ2n) is 3.52. The molecule has 0 aromatic carbocycles. The zero-order valence-electron chi connectivity index (χ0n) is 9.39. The van der Waals surface area contributed by atoms with Crippen LogP contribution in [0.3, 0.4) is 0 Å². The summed E-state index contributed by atoms with van der Waals surface area (Å²) in [6, 6.07) is 2.85. The molecule has 0 saturated carbocycles. The molecule has 9 heteroatoms. The number of alkyl halides is 3. The van der Waals surface area contributed by atoms with Crippen LogP contribution in [0.1, 0.15) is 5.69 Å². The second-order valence-corrected chi connectivity index (χ2v) is 3.52. The van der Waals surface area contributed by atoms with Gasteiger partial charge in [0.05, 0.1) is 0 Å². The molecule has 0 fully saturated rings. The van der Waals surface area contributed by atoms with Gasteiger partial charge in [0.2, 0.25) is 0 Å². The highest BCUT2D eigenvalue weighted by Gasteiger charge is 2.33. The van der Waals surface area contributed by atoms with E-state index < -0.39 is 36.9 Å². The Balaban J connectivity index is 3.08. The SMILES string of the molecule is O=C(O)CN(CC(=O)O)c1cccc(C(F)(F)F)n1. The van der Waals surface area contributed by atoms with Crippen LogP contribution < -0.4 is 4.90 Å². The topological polar surface area (TPSA) is 90.7 Å². The molecular formula is C10H9F3N2O4. The highest BCUT2D eigenvalue weighted by atomic mass is 19.4. The molecular weight excluding hydrogens is 269 g/mol. The Morgan fingerprint density at radius 2 is 1.68 bits per heavy atom. The van der Waals surface area contributed by atoms with Crippen LogP contribution in [0.5, 0.6) is 0 Å².